The van der Waals surface area contributed by atoms with Crippen LogP contribution in [0.5, 0.6) is 0 Å². The lowest BCUT2D eigenvalue weighted by atomic mass is 10.2. The van der Waals surface area contributed by atoms with Gasteiger partial charge in [0, 0.05) is 19.1 Å². The van der Waals surface area contributed by atoms with E-state index < -0.39 is 0 Å². The molecule has 1 saturated carbocycles. The van der Waals surface area contributed by atoms with E-state index in [1.165, 1.54) is 12.1 Å². The topological polar surface area (TPSA) is 32.3 Å². The molecule has 1 aromatic carbocycles. The number of halogens is 1. The third-order valence-corrected chi connectivity index (χ3v) is 3.42. The molecule has 0 aliphatic heterocycles. The third-order valence-electron chi connectivity index (χ3n) is 3.42. The first-order valence-electron chi connectivity index (χ1n) is 7.30. The lowest BCUT2D eigenvalue weighted by Gasteiger charge is -2.21. The number of benzene rings is 1. The monoisotopic (exact) mass is 278 g/mol. The Balaban J connectivity index is 1.87. The molecular formula is C16H23FN2O. The minimum atomic E-state index is -0.221. The van der Waals surface area contributed by atoms with E-state index in [-0.39, 0.29) is 11.7 Å². The molecular weight excluding hydrogens is 255 g/mol. The Morgan fingerprint density at radius 2 is 2.00 bits per heavy atom. The molecule has 0 spiro atoms. The van der Waals surface area contributed by atoms with Crippen molar-refractivity contribution >= 4 is 5.91 Å². The van der Waals surface area contributed by atoms with Crippen LogP contribution in [0, 0.1) is 11.7 Å². The predicted octanol–water partition coefficient (Wildman–Crippen LogP) is 2.56. The van der Waals surface area contributed by atoms with E-state index in [1.807, 2.05) is 0 Å². The molecule has 1 amide bonds. The van der Waals surface area contributed by atoms with Gasteiger partial charge in [0.2, 0.25) is 5.91 Å². The van der Waals surface area contributed by atoms with E-state index in [4.69, 9.17) is 0 Å². The highest BCUT2D eigenvalue weighted by Crippen LogP contribution is 2.28. The molecule has 0 aromatic heterocycles. The summed E-state index contributed by atoms with van der Waals surface area (Å²) in [4.78, 5) is 14.1. The van der Waals surface area contributed by atoms with Gasteiger partial charge in [0.05, 0.1) is 6.54 Å². The Morgan fingerprint density at radius 3 is 2.55 bits per heavy atom. The highest BCUT2D eigenvalue weighted by molar-refractivity contribution is 5.78. The van der Waals surface area contributed by atoms with E-state index in [2.05, 4.69) is 24.1 Å². The molecule has 1 fully saturated rings. The molecule has 0 saturated heterocycles. The van der Waals surface area contributed by atoms with Gasteiger partial charge in [0.15, 0.2) is 0 Å². The summed E-state index contributed by atoms with van der Waals surface area (Å²) in [6.07, 6.45) is 2.30. The molecule has 1 aliphatic rings. The maximum Gasteiger partial charge on any atom is 0.234 e. The van der Waals surface area contributed by atoms with Crippen molar-refractivity contribution < 1.29 is 9.18 Å². The van der Waals surface area contributed by atoms with Crippen molar-refractivity contribution in [3.8, 4) is 0 Å². The Kier molecular flexibility index (Phi) is 5.12. The van der Waals surface area contributed by atoms with Crippen molar-refractivity contribution in [1.29, 1.82) is 0 Å². The van der Waals surface area contributed by atoms with E-state index in [1.54, 1.807) is 12.1 Å². The fraction of sp³-hybridized carbons (Fsp3) is 0.562. The van der Waals surface area contributed by atoms with Crippen LogP contribution in [-0.4, -0.2) is 29.9 Å². The van der Waals surface area contributed by atoms with Gasteiger partial charge in [-0.25, -0.2) is 4.39 Å². The largest absolute Gasteiger partial charge is 0.355 e. The molecule has 1 aromatic rings. The Hall–Kier alpha value is -1.42. The van der Waals surface area contributed by atoms with E-state index in [9.17, 15) is 9.18 Å². The van der Waals surface area contributed by atoms with Crippen LogP contribution in [0.1, 0.15) is 32.3 Å². The van der Waals surface area contributed by atoms with Gasteiger partial charge in [-0.05, 0) is 36.5 Å². The number of carbonyl (C=O) groups excluding carboxylic acids is 1. The molecule has 0 atom stereocenters. The van der Waals surface area contributed by atoms with Gasteiger partial charge >= 0.3 is 0 Å². The number of nitrogens with one attached hydrogen (secondary N) is 1. The number of hydrogen-bond donors (Lipinski definition) is 1. The summed E-state index contributed by atoms with van der Waals surface area (Å²) in [5.41, 5.74) is 1.05. The van der Waals surface area contributed by atoms with Crippen molar-refractivity contribution in [2.45, 2.75) is 39.3 Å². The van der Waals surface area contributed by atoms with Gasteiger partial charge in [-0.2, -0.15) is 0 Å². The van der Waals surface area contributed by atoms with Gasteiger partial charge in [-0.3, -0.25) is 9.69 Å². The zero-order chi connectivity index (χ0) is 14.5. The smallest absolute Gasteiger partial charge is 0.234 e. The van der Waals surface area contributed by atoms with Crippen molar-refractivity contribution in [3.05, 3.63) is 35.6 Å². The first-order valence-corrected chi connectivity index (χ1v) is 7.30. The molecule has 0 heterocycles. The van der Waals surface area contributed by atoms with Gasteiger partial charge in [-0.1, -0.05) is 26.0 Å². The molecule has 4 heteroatoms. The second-order valence-corrected chi connectivity index (χ2v) is 5.96. The van der Waals surface area contributed by atoms with Gasteiger partial charge in [-0.15, -0.1) is 0 Å². The van der Waals surface area contributed by atoms with Crippen LogP contribution in [0.25, 0.3) is 0 Å². The summed E-state index contributed by atoms with van der Waals surface area (Å²) in [5, 5.41) is 2.95. The summed E-state index contributed by atoms with van der Waals surface area (Å²) in [6, 6.07) is 7.02. The van der Waals surface area contributed by atoms with E-state index in [0.717, 1.165) is 18.4 Å². The van der Waals surface area contributed by atoms with Gasteiger partial charge < -0.3 is 5.32 Å². The summed E-state index contributed by atoms with van der Waals surface area (Å²) in [6.45, 7) is 6.01. The second kappa shape index (κ2) is 6.84. The number of carbonyl (C=O) groups is 1. The van der Waals surface area contributed by atoms with Crippen LogP contribution < -0.4 is 5.32 Å². The Labute approximate surface area is 120 Å². The normalized spacial score (nSPS) is 14.8. The van der Waals surface area contributed by atoms with E-state index >= 15 is 0 Å². The van der Waals surface area contributed by atoms with Crippen LogP contribution in [0.3, 0.4) is 0 Å². The number of amides is 1. The van der Waals surface area contributed by atoms with E-state index in [0.29, 0.717) is 31.6 Å². The minimum Gasteiger partial charge on any atom is -0.355 e. The summed E-state index contributed by atoms with van der Waals surface area (Å²) < 4.78 is 12.9. The maximum absolute atomic E-state index is 12.9. The van der Waals surface area contributed by atoms with Crippen LogP contribution in [0.15, 0.2) is 24.3 Å². The maximum atomic E-state index is 12.9. The molecule has 3 nitrogen and oxygen atoms in total. The van der Waals surface area contributed by atoms with Crippen LogP contribution in [0.2, 0.25) is 0 Å². The molecule has 0 radical (unpaired) electrons. The van der Waals surface area contributed by atoms with Crippen molar-refractivity contribution in [1.82, 2.24) is 10.2 Å². The predicted molar refractivity (Wildman–Crippen MR) is 77.7 cm³/mol. The lowest BCUT2D eigenvalue weighted by molar-refractivity contribution is -0.122. The van der Waals surface area contributed by atoms with Crippen LogP contribution in [0.4, 0.5) is 4.39 Å². The highest BCUT2D eigenvalue weighted by atomic mass is 19.1. The van der Waals surface area contributed by atoms with Crippen molar-refractivity contribution in [2.24, 2.45) is 5.92 Å². The Bertz CT molecular complexity index is 440. The molecule has 2 rings (SSSR count). The zero-order valence-corrected chi connectivity index (χ0v) is 12.2. The highest BCUT2D eigenvalue weighted by Gasteiger charge is 2.30. The lowest BCUT2D eigenvalue weighted by Crippen LogP contribution is -2.39. The average Bonchev–Trinajstić information content (AvgIpc) is 3.22. The summed E-state index contributed by atoms with van der Waals surface area (Å²) in [7, 11) is 0. The SMILES string of the molecule is CC(C)CNC(=O)CN(Cc1ccc(F)cc1)C1CC1. The molecule has 0 unspecified atom stereocenters. The zero-order valence-electron chi connectivity index (χ0n) is 12.2. The minimum absolute atomic E-state index is 0.0766. The van der Waals surface area contributed by atoms with Gasteiger partial charge in [0.25, 0.3) is 0 Å². The summed E-state index contributed by atoms with van der Waals surface area (Å²) in [5.74, 6) is 0.319. The average molecular weight is 278 g/mol. The number of hydrogen-bond acceptors (Lipinski definition) is 2. The molecule has 1 N–H and O–H groups in total. The third kappa shape index (κ3) is 4.93. The first-order chi connectivity index (χ1) is 9.54. The second-order valence-electron chi connectivity index (χ2n) is 5.96. The molecule has 0 bridgehead atoms. The molecule has 110 valence electrons. The first kappa shape index (κ1) is 15.0. The van der Waals surface area contributed by atoms with Gasteiger partial charge in [0.1, 0.15) is 5.82 Å². The number of nitrogens with zero attached hydrogens (tertiary/aromatic N) is 1. The Morgan fingerprint density at radius 1 is 1.35 bits per heavy atom. The molecule has 20 heavy (non-hydrogen) atoms. The molecule has 1 aliphatic carbocycles. The number of rotatable bonds is 7. The fourth-order valence-corrected chi connectivity index (χ4v) is 2.14. The van der Waals surface area contributed by atoms with Crippen molar-refractivity contribution in [2.75, 3.05) is 13.1 Å². The summed E-state index contributed by atoms with van der Waals surface area (Å²) >= 11 is 0. The standard InChI is InChI=1S/C16H23FN2O/c1-12(2)9-18-16(20)11-19(15-7-8-15)10-13-3-5-14(17)6-4-13/h3-6,12,15H,7-11H2,1-2H3,(H,18,20). The quantitative estimate of drug-likeness (QED) is 0.831. The fourth-order valence-electron chi connectivity index (χ4n) is 2.14. The van der Waals surface area contributed by atoms with Crippen molar-refractivity contribution in [3.63, 3.8) is 0 Å². The van der Waals surface area contributed by atoms with Crippen LogP contribution >= 0.6 is 0 Å². The van der Waals surface area contributed by atoms with Crippen LogP contribution in [-0.2, 0) is 11.3 Å².